The van der Waals surface area contributed by atoms with Gasteiger partial charge >= 0.3 is 0 Å². The van der Waals surface area contributed by atoms with Gasteiger partial charge in [0.2, 0.25) is 0 Å². The Morgan fingerprint density at radius 2 is 2.11 bits per heavy atom. The molecule has 4 heteroatoms. The Morgan fingerprint density at radius 1 is 1.26 bits per heavy atom. The number of likely N-dealkylation sites (tertiary alicyclic amines) is 1. The Hall–Kier alpha value is -1.42. The highest BCUT2D eigenvalue weighted by Crippen LogP contribution is 2.32. The van der Waals surface area contributed by atoms with Crippen LogP contribution in [0.5, 0.6) is 0 Å². The molecule has 0 amide bonds. The maximum atomic E-state index is 12.7. The molecule has 1 atom stereocenters. The van der Waals surface area contributed by atoms with E-state index in [4.69, 9.17) is 0 Å². The molecule has 1 N–H and O–H groups in total. The molecule has 0 saturated carbocycles. The van der Waals surface area contributed by atoms with Crippen molar-refractivity contribution in [3.63, 3.8) is 0 Å². The van der Waals surface area contributed by atoms with Crippen LogP contribution in [0.3, 0.4) is 0 Å². The first-order valence-electron chi connectivity index (χ1n) is 6.84. The predicted molar refractivity (Wildman–Crippen MR) is 72.5 cm³/mol. The highest BCUT2D eigenvalue weighted by Gasteiger charge is 2.27. The zero-order chi connectivity index (χ0) is 13.2. The third kappa shape index (κ3) is 2.63. The third-order valence-electron chi connectivity index (χ3n) is 3.90. The van der Waals surface area contributed by atoms with Crippen molar-refractivity contribution in [1.82, 2.24) is 9.88 Å². The molecule has 0 spiro atoms. The third-order valence-corrected chi connectivity index (χ3v) is 3.90. The standard InChI is InChI=1S/C15H18F2N2/c16-15(17)10-19-8-4-3-7-14(19)13-9-11-5-1-2-6-12(11)18-13/h1-2,5-6,9,14-15,18H,3-4,7-8,10H2. The van der Waals surface area contributed by atoms with Crippen molar-refractivity contribution in [3.05, 3.63) is 36.0 Å². The fraction of sp³-hybridized carbons (Fsp3) is 0.467. The number of piperidine rings is 1. The second kappa shape index (κ2) is 5.29. The second-order valence-corrected chi connectivity index (χ2v) is 5.21. The van der Waals surface area contributed by atoms with Gasteiger partial charge in [-0.05, 0) is 36.9 Å². The minimum absolute atomic E-state index is 0.107. The van der Waals surface area contributed by atoms with E-state index in [1.54, 1.807) is 0 Å². The van der Waals surface area contributed by atoms with Crippen molar-refractivity contribution in [2.75, 3.05) is 13.1 Å². The molecule has 1 fully saturated rings. The van der Waals surface area contributed by atoms with Gasteiger partial charge in [0.25, 0.3) is 6.43 Å². The van der Waals surface area contributed by atoms with E-state index in [-0.39, 0.29) is 12.6 Å². The highest BCUT2D eigenvalue weighted by molar-refractivity contribution is 5.80. The van der Waals surface area contributed by atoms with Gasteiger partial charge in [-0.2, -0.15) is 0 Å². The van der Waals surface area contributed by atoms with E-state index in [1.165, 1.54) is 0 Å². The molecular formula is C15H18F2N2. The van der Waals surface area contributed by atoms with Crippen LogP contribution >= 0.6 is 0 Å². The predicted octanol–water partition coefficient (Wildman–Crippen LogP) is 3.96. The van der Waals surface area contributed by atoms with Crippen LogP contribution in [0, 0.1) is 0 Å². The fourth-order valence-corrected chi connectivity index (χ4v) is 3.01. The molecule has 2 heterocycles. The minimum atomic E-state index is -2.26. The Balaban J connectivity index is 1.89. The van der Waals surface area contributed by atoms with Crippen LogP contribution in [0.25, 0.3) is 10.9 Å². The van der Waals surface area contributed by atoms with E-state index in [2.05, 4.69) is 17.1 Å². The lowest BCUT2D eigenvalue weighted by atomic mass is 9.99. The summed E-state index contributed by atoms with van der Waals surface area (Å²) in [5, 5.41) is 1.15. The van der Waals surface area contributed by atoms with Crippen molar-refractivity contribution in [1.29, 1.82) is 0 Å². The number of hydrogen-bond acceptors (Lipinski definition) is 1. The van der Waals surface area contributed by atoms with Gasteiger partial charge in [-0.15, -0.1) is 0 Å². The zero-order valence-electron chi connectivity index (χ0n) is 10.8. The largest absolute Gasteiger partial charge is 0.357 e. The van der Waals surface area contributed by atoms with Crippen molar-refractivity contribution in [2.45, 2.75) is 31.7 Å². The first kappa shape index (κ1) is 12.6. The Bertz CT molecular complexity index is 517. The average molecular weight is 264 g/mol. The van der Waals surface area contributed by atoms with E-state index in [0.29, 0.717) is 0 Å². The minimum Gasteiger partial charge on any atom is -0.357 e. The quantitative estimate of drug-likeness (QED) is 0.889. The van der Waals surface area contributed by atoms with E-state index in [0.717, 1.165) is 42.4 Å². The summed E-state index contributed by atoms with van der Waals surface area (Å²) in [5.41, 5.74) is 2.15. The normalized spacial score (nSPS) is 21.3. The molecule has 2 nitrogen and oxygen atoms in total. The molecular weight excluding hydrogens is 246 g/mol. The van der Waals surface area contributed by atoms with Crippen molar-refractivity contribution < 1.29 is 8.78 Å². The molecule has 0 bridgehead atoms. The molecule has 0 radical (unpaired) electrons. The molecule has 19 heavy (non-hydrogen) atoms. The number of nitrogens with zero attached hydrogens (tertiary/aromatic N) is 1. The van der Waals surface area contributed by atoms with Crippen LogP contribution in [-0.4, -0.2) is 29.4 Å². The summed E-state index contributed by atoms with van der Waals surface area (Å²) in [6.07, 6.45) is 0.827. The van der Waals surface area contributed by atoms with E-state index in [1.807, 2.05) is 23.1 Å². The number of H-pyrrole nitrogens is 1. The maximum absolute atomic E-state index is 12.7. The topological polar surface area (TPSA) is 19.0 Å². The summed E-state index contributed by atoms with van der Waals surface area (Å²) in [6, 6.07) is 10.3. The van der Waals surface area contributed by atoms with Gasteiger partial charge in [-0.1, -0.05) is 24.6 Å². The molecule has 1 unspecified atom stereocenters. The summed E-state index contributed by atoms with van der Waals surface area (Å²) in [4.78, 5) is 5.30. The van der Waals surface area contributed by atoms with Crippen LogP contribution in [0.1, 0.15) is 31.0 Å². The van der Waals surface area contributed by atoms with E-state index in [9.17, 15) is 8.78 Å². The number of aromatic nitrogens is 1. The van der Waals surface area contributed by atoms with Gasteiger partial charge in [-0.3, -0.25) is 4.90 Å². The summed E-state index contributed by atoms with van der Waals surface area (Å²) in [7, 11) is 0. The summed E-state index contributed by atoms with van der Waals surface area (Å²) in [5.74, 6) is 0. The van der Waals surface area contributed by atoms with Crippen LogP contribution in [-0.2, 0) is 0 Å². The van der Waals surface area contributed by atoms with Gasteiger partial charge < -0.3 is 4.98 Å². The van der Waals surface area contributed by atoms with E-state index < -0.39 is 6.43 Å². The Labute approximate surface area is 111 Å². The molecule has 1 aromatic heterocycles. The van der Waals surface area contributed by atoms with E-state index >= 15 is 0 Å². The molecule has 1 aliphatic rings. The zero-order valence-corrected chi connectivity index (χ0v) is 10.8. The molecule has 102 valence electrons. The monoisotopic (exact) mass is 264 g/mol. The number of hydrogen-bond donors (Lipinski definition) is 1. The molecule has 1 aliphatic heterocycles. The number of alkyl halides is 2. The average Bonchev–Trinajstić information content (AvgIpc) is 2.82. The van der Waals surface area contributed by atoms with Crippen LogP contribution in [0.4, 0.5) is 8.78 Å². The van der Waals surface area contributed by atoms with Gasteiger partial charge in [0.15, 0.2) is 0 Å². The number of nitrogens with one attached hydrogen (secondary N) is 1. The van der Waals surface area contributed by atoms with Gasteiger partial charge in [0, 0.05) is 11.2 Å². The summed E-state index contributed by atoms with van der Waals surface area (Å²) >= 11 is 0. The number of aromatic amines is 1. The SMILES string of the molecule is FC(F)CN1CCCCC1c1cc2ccccc2[nH]1. The summed E-state index contributed by atoms with van der Waals surface area (Å²) < 4.78 is 25.3. The number of halogens is 2. The first-order valence-corrected chi connectivity index (χ1v) is 6.84. The number of fused-ring (bicyclic) bond motifs is 1. The molecule has 1 aromatic carbocycles. The second-order valence-electron chi connectivity index (χ2n) is 5.21. The lowest BCUT2D eigenvalue weighted by Crippen LogP contribution is -2.36. The lowest BCUT2D eigenvalue weighted by Gasteiger charge is -2.34. The van der Waals surface area contributed by atoms with Crippen molar-refractivity contribution in [3.8, 4) is 0 Å². The molecule has 2 aromatic rings. The number of rotatable bonds is 3. The van der Waals surface area contributed by atoms with Crippen LogP contribution in [0.2, 0.25) is 0 Å². The number of benzene rings is 1. The van der Waals surface area contributed by atoms with Gasteiger partial charge in [-0.25, -0.2) is 8.78 Å². The van der Waals surface area contributed by atoms with Gasteiger partial charge in [0.05, 0.1) is 12.6 Å². The van der Waals surface area contributed by atoms with Crippen molar-refractivity contribution >= 4 is 10.9 Å². The summed E-state index contributed by atoms with van der Waals surface area (Å²) in [6.45, 7) is 0.643. The Kier molecular flexibility index (Phi) is 3.51. The fourth-order valence-electron chi connectivity index (χ4n) is 3.01. The van der Waals surface area contributed by atoms with Gasteiger partial charge in [0.1, 0.15) is 0 Å². The first-order chi connectivity index (χ1) is 9.24. The molecule has 3 rings (SSSR count). The van der Waals surface area contributed by atoms with Crippen LogP contribution < -0.4 is 0 Å². The Morgan fingerprint density at radius 3 is 2.89 bits per heavy atom. The highest BCUT2D eigenvalue weighted by atomic mass is 19.3. The molecule has 1 saturated heterocycles. The van der Waals surface area contributed by atoms with Crippen molar-refractivity contribution in [2.24, 2.45) is 0 Å². The smallest absolute Gasteiger partial charge is 0.251 e. The number of para-hydroxylation sites is 1. The van der Waals surface area contributed by atoms with Crippen LogP contribution in [0.15, 0.2) is 30.3 Å². The lowest BCUT2D eigenvalue weighted by molar-refractivity contribution is 0.0478. The maximum Gasteiger partial charge on any atom is 0.251 e. The molecule has 0 aliphatic carbocycles.